The molecule has 0 spiro atoms. The van der Waals surface area contributed by atoms with Crippen molar-refractivity contribution < 1.29 is 14.7 Å². The number of carbonyl (C=O) groups excluding carboxylic acids is 1. The molecule has 2 aliphatic rings. The highest BCUT2D eigenvalue weighted by Gasteiger charge is 2.32. The molecule has 2 fully saturated rings. The topological polar surface area (TPSA) is 81.7 Å². The molecule has 0 aromatic heterocycles. The fraction of sp³-hybridized carbons (Fsp3) is 0.857. The van der Waals surface area contributed by atoms with Crippen LogP contribution in [-0.2, 0) is 4.79 Å². The van der Waals surface area contributed by atoms with E-state index in [0.29, 0.717) is 6.04 Å². The molecule has 2 saturated heterocycles. The summed E-state index contributed by atoms with van der Waals surface area (Å²) in [5, 5.41) is 14.6. The minimum Gasteiger partial charge on any atom is -0.480 e. The Balaban J connectivity index is 1.80. The lowest BCUT2D eigenvalue weighted by Crippen LogP contribution is -2.54. The van der Waals surface area contributed by atoms with E-state index in [1.54, 1.807) is 13.8 Å². The van der Waals surface area contributed by atoms with Crippen molar-refractivity contribution in [2.75, 3.05) is 13.1 Å². The Morgan fingerprint density at radius 1 is 1.25 bits per heavy atom. The lowest BCUT2D eigenvalue weighted by molar-refractivity contribution is -0.140. The van der Waals surface area contributed by atoms with Crippen molar-refractivity contribution in [3.63, 3.8) is 0 Å². The van der Waals surface area contributed by atoms with Gasteiger partial charge in [0.1, 0.15) is 6.04 Å². The van der Waals surface area contributed by atoms with Crippen molar-refractivity contribution in [3.05, 3.63) is 0 Å². The second-order valence-corrected chi connectivity index (χ2v) is 6.23. The molecule has 2 aliphatic heterocycles. The number of nitrogens with zero attached hydrogens (tertiary/aromatic N) is 1. The van der Waals surface area contributed by atoms with E-state index < -0.39 is 12.0 Å². The van der Waals surface area contributed by atoms with Gasteiger partial charge in [-0.15, -0.1) is 0 Å². The quantitative estimate of drug-likeness (QED) is 0.719. The molecule has 6 nitrogen and oxygen atoms in total. The van der Waals surface area contributed by atoms with Gasteiger partial charge < -0.3 is 20.6 Å². The van der Waals surface area contributed by atoms with Gasteiger partial charge in [-0.2, -0.15) is 0 Å². The number of carboxylic acid groups (broad SMARTS) is 1. The SMILES string of the molecule is CC(C)[C@H](NC(=O)NC1CCN2CCCC2C1)C(=O)O. The van der Waals surface area contributed by atoms with E-state index in [9.17, 15) is 9.59 Å². The van der Waals surface area contributed by atoms with E-state index in [2.05, 4.69) is 15.5 Å². The Labute approximate surface area is 119 Å². The molecule has 0 saturated carbocycles. The molecule has 20 heavy (non-hydrogen) atoms. The fourth-order valence-corrected chi connectivity index (χ4v) is 3.24. The minimum atomic E-state index is -0.985. The van der Waals surface area contributed by atoms with E-state index in [4.69, 9.17) is 5.11 Å². The van der Waals surface area contributed by atoms with Crippen LogP contribution in [-0.4, -0.2) is 53.2 Å². The number of rotatable bonds is 4. The lowest BCUT2D eigenvalue weighted by Gasteiger charge is -2.35. The summed E-state index contributed by atoms with van der Waals surface area (Å²) in [4.78, 5) is 25.5. The highest BCUT2D eigenvalue weighted by atomic mass is 16.4. The summed E-state index contributed by atoms with van der Waals surface area (Å²) >= 11 is 0. The van der Waals surface area contributed by atoms with Gasteiger partial charge in [-0.25, -0.2) is 9.59 Å². The van der Waals surface area contributed by atoms with Crippen LogP contribution in [0.3, 0.4) is 0 Å². The molecular formula is C14H25N3O3. The Bertz CT molecular complexity index is 373. The van der Waals surface area contributed by atoms with E-state index in [1.165, 1.54) is 19.4 Å². The first-order valence-electron chi connectivity index (χ1n) is 7.51. The summed E-state index contributed by atoms with van der Waals surface area (Å²) in [5.41, 5.74) is 0. The predicted octanol–water partition coefficient (Wildman–Crippen LogP) is 1.02. The third-order valence-electron chi connectivity index (χ3n) is 4.37. The zero-order chi connectivity index (χ0) is 14.7. The van der Waals surface area contributed by atoms with Crippen LogP contribution in [0.25, 0.3) is 0 Å². The van der Waals surface area contributed by atoms with Crippen LogP contribution in [0.15, 0.2) is 0 Å². The number of carbonyl (C=O) groups is 2. The van der Waals surface area contributed by atoms with Crippen molar-refractivity contribution in [1.29, 1.82) is 0 Å². The minimum absolute atomic E-state index is 0.130. The molecule has 0 aliphatic carbocycles. The first-order chi connectivity index (χ1) is 9.47. The number of hydrogen-bond donors (Lipinski definition) is 3. The number of aliphatic carboxylic acids is 1. The number of urea groups is 1. The van der Waals surface area contributed by atoms with Crippen LogP contribution in [0, 0.1) is 5.92 Å². The monoisotopic (exact) mass is 283 g/mol. The largest absolute Gasteiger partial charge is 0.480 e. The third-order valence-corrected chi connectivity index (χ3v) is 4.37. The van der Waals surface area contributed by atoms with E-state index in [0.717, 1.165) is 19.4 Å². The first kappa shape index (κ1) is 15.1. The number of piperidine rings is 1. The molecule has 114 valence electrons. The summed E-state index contributed by atoms with van der Waals surface area (Å²) in [6, 6.07) is -0.436. The summed E-state index contributed by atoms with van der Waals surface area (Å²) in [5.74, 6) is -1.12. The smallest absolute Gasteiger partial charge is 0.326 e. The van der Waals surface area contributed by atoms with Gasteiger partial charge in [0.2, 0.25) is 0 Å². The van der Waals surface area contributed by atoms with Crippen LogP contribution < -0.4 is 10.6 Å². The maximum Gasteiger partial charge on any atom is 0.326 e. The van der Waals surface area contributed by atoms with Crippen LogP contribution in [0.2, 0.25) is 0 Å². The molecule has 3 atom stereocenters. The van der Waals surface area contributed by atoms with Crippen LogP contribution in [0.4, 0.5) is 4.79 Å². The second kappa shape index (κ2) is 6.43. The third kappa shape index (κ3) is 3.62. The van der Waals surface area contributed by atoms with Crippen LogP contribution in [0.1, 0.15) is 39.5 Å². The Morgan fingerprint density at radius 2 is 2.00 bits per heavy atom. The van der Waals surface area contributed by atoms with E-state index >= 15 is 0 Å². The van der Waals surface area contributed by atoms with Crippen molar-refractivity contribution in [1.82, 2.24) is 15.5 Å². The van der Waals surface area contributed by atoms with Crippen molar-refractivity contribution in [2.45, 2.75) is 57.7 Å². The number of carboxylic acids is 1. The number of nitrogens with one attached hydrogen (secondary N) is 2. The van der Waals surface area contributed by atoms with Crippen molar-refractivity contribution >= 4 is 12.0 Å². The molecule has 0 aromatic carbocycles. The predicted molar refractivity (Wildman–Crippen MR) is 75.5 cm³/mol. The molecule has 6 heteroatoms. The maximum atomic E-state index is 11.9. The zero-order valence-corrected chi connectivity index (χ0v) is 12.3. The summed E-state index contributed by atoms with van der Waals surface area (Å²) in [7, 11) is 0. The summed E-state index contributed by atoms with van der Waals surface area (Å²) in [6.45, 7) is 5.78. The Kier molecular flexibility index (Phi) is 4.86. The van der Waals surface area contributed by atoms with Gasteiger partial charge >= 0.3 is 12.0 Å². The summed E-state index contributed by atoms with van der Waals surface area (Å²) < 4.78 is 0. The van der Waals surface area contributed by atoms with Gasteiger partial charge in [-0.1, -0.05) is 13.8 Å². The molecular weight excluding hydrogens is 258 g/mol. The van der Waals surface area contributed by atoms with Gasteiger partial charge in [0.15, 0.2) is 0 Å². The number of fused-ring (bicyclic) bond motifs is 1. The van der Waals surface area contributed by atoms with Gasteiger partial charge in [0.05, 0.1) is 0 Å². The molecule has 0 bridgehead atoms. The summed E-state index contributed by atoms with van der Waals surface area (Å²) in [6.07, 6.45) is 4.39. The van der Waals surface area contributed by atoms with E-state index in [1.807, 2.05) is 0 Å². The fourth-order valence-electron chi connectivity index (χ4n) is 3.24. The highest BCUT2D eigenvalue weighted by molar-refractivity contribution is 5.82. The lowest BCUT2D eigenvalue weighted by atomic mass is 9.98. The molecule has 3 N–H and O–H groups in total. The van der Waals surface area contributed by atoms with Gasteiger partial charge in [-0.3, -0.25) is 0 Å². The molecule has 0 radical (unpaired) electrons. The standard InChI is InChI=1S/C14H25N3O3/c1-9(2)12(13(18)19)16-14(20)15-10-5-7-17-6-3-4-11(17)8-10/h9-12H,3-8H2,1-2H3,(H,18,19)(H2,15,16,20)/t10?,11?,12-/m0/s1. The van der Waals surface area contributed by atoms with Gasteiger partial charge in [0, 0.05) is 18.6 Å². The first-order valence-corrected chi connectivity index (χ1v) is 7.51. The molecule has 2 rings (SSSR count). The van der Waals surface area contributed by atoms with Gasteiger partial charge in [-0.05, 0) is 38.1 Å². The average Bonchev–Trinajstić information content (AvgIpc) is 2.82. The second-order valence-electron chi connectivity index (χ2n) is 6.23. The van der Waals surface area contributed by atoms with Crippen molar-refractivity contribution in [3.8, 4) is 0 Å². The van der Waals surface area contributed by atoms with Crippen molar-refractivity contribution in [2.24, 2.45) is 5.92 Å². The Hall–Kier alpha value is -1.30. The van der Waals surface area contributed by atoms with Crippen LogP contribution >= 0.6 is 0 Å². The zero-order valence-electron chi connectivity index (χ0n) is 12.3. The molecule has 0 aromatic rings. The average molecular weight is 283 g/mol. The van der Waals surface area contributed by atoms with Gasteiger partial charge in [0.25, 0.3) is 0 Å². The Morgan fingerprint density at radius 3 is 2.65 bits per heavy atom. The number of hydrogen-bond acceptors (Lipinski definition) is 3. The van der Waals surface area contributed by atoms with Crippen LogP contribution in [0.5, 0.6) is 0 Å². The molecule has 2 heterocycles. The highest BCUT2D eigenvalue weighted by Crippen LogP contribution is 2.26. The molecule has 2 unspecified atom stereocenters. The normalized spacial score (nSPS) is 27.9. The molecule has 2 amide bonds. The van der Waals surface area contributed by atoms with E-state index in [-0.39, 0.29) is 18.0 Å². The maximum absolute atomic E-state index is 11.9. The number of amides is 2.